The Bertz CT molecular complexity index is 721. The Morgan fingerprint density at radius 3 is 2.77 bits per heavy atom. The number of rotatable bonds is 5. The zero-order valence-electron chi connectivity index (χ0n) is 16.0. The molecule has 2 aromatic heterocycles. The van der Waals surface area contributed by atoms with Crippen molar-refractivity contribution in [3.8, 4) is 0 Å². The van der Waals surface area contributed by atoms with Crippen LogP contribution in [0.3, 0.4) is 0 Å². The molecule has 0 spiro atoms. The maximum atomic E-state index is 4.87. The lowest BCUT2D eigenvalue weighted by molar-refractivity contribution is 0.368. The molecule has 6 nitrogen and oxygen atoms in total. The van der Waals surface area contributed by atoms with Crippen molar-refractivity contribution in [1.82, 2.24) is 19.5 Å². The van der Waals surface area contributed by atoms with Crippen LogP contribution in [-0.2, 0) is 13.0 Å². The summed E-state index contributed by atoms with van der Waals surface area (Å²) in [5, 5.41) is 0. The minimum absolute atomic E-state index is 0.585. The Balaban J connectivity index is 1.41. The van der Waals surface area contributed by atoms with Gasteiger partial charge in [0.1, 0.15) is 11.6 Å². The summed E-state index contributed by atoms with van der Waals surface area (Å²) in [6, 6.07) is 2.62. The Labute approximate surface area is 156 Å². The molecule has 140 valence electrons. The standard InChI is InChI=1S/C20H30N6/c1-24(14-16-8-9-18-21-12-13-26(18)15-16)19-10-11-22-20(23-19)25(2)17-6-4-3-5-7-17/h10-13,16-17H,3-9,14-15H2,1-2H3. The average molecular weight is 355 g/mol. The summed E-state index contributed by atoms with van der Waals surface area (Å²) in [5.41, 5.74) is 0. The smallest absolute Gasteiger partial charge is 0.227 e. The van der Waals surface area contributed by atoms with Gasteiger partial charge in [-0.2, -0.15) is 4.98 Å². The molecule has 0 radical (unpaired) electrons. The summed E-state index contributed by atoms with van der Waals surface area (Å²) in [7, 11) is 4.30. The van der Waals surface area contributed by atoms with Crippen molar-refractivity contribution in [3.05, 3.63) is 30.5 Å². The molecule has 26 heavy (non-hydrogen) atoms. The highest BCUT2D eigenvalue weighted by molar-refractivity contribution is 5.43. The monoisotopic (exact) mass is 354 g/mol. The van der Waals surface area contributed by atoms with Gasteiger partial charge in [-0.25, -0.2) is 9.97 Å². The van der Waals surface area contributed by atoms with Gasteiger partial charge in [0.05, 0.1) is 0 Å². The first-order chi connectivity index (χ1) is 12.7. The summed E-state index contributed by atoms with van der Waals surface area (Å²) >= 11 is 0. The van der Waals surface area contributed by atoms with E-state index in [1.165, 1.54) is 44.3 Å². The first-order valence-electron chi connectivity index (χ1n) is 9.98. The lowest BCUT2D eigenvalue weighted by Crippen LogP contribution is -2.35. The van der Waals surface area contributed by atoms with Crippen LogP contribution in [0.2, 0.25) is 0 Å². The van der Waals surface area contributed by atoms with E-state index < -0.39 is 0 Å². The summed E-state index contributed by atoms with van der Waals surface area (Å²) < 4.78 is 2.30. The van der Waals surface area contributed by atoms with Crippen molar-refractivity contribution in [2.45, 2.75) is 57.5 Å². The van der Waals surface area contributed by atoms with Gasteiger partial charge in [0.25, 0.3) is 0 Å². The van der Waals surface area contributed by atoms with Crippen LogP contribution in [0.15, 0.2) is 24.7 Å². The number of nitrogens with zero attached hydrogens (tertiary/aromatic N) is 6. The number of hydrogen-bond donors (Lipinski definition) is 0. The summed E-state index contributed by atoms with van der Waals surface area (Å²) in [6.07, 6.45) is 14.7. The quantitative estimate of drug-likeness (QED) is 0.826. The molecule has 1 aliphatic carbocycles. The van der Waals surface area contributed by atoms with Crippen molar-refractivity contribution >= 4 is 11.8 Å². The molecule has 1 atom stereocenters. The summed E-state index contributed by atoms with van der Waals surface area (Å²) in [4.78, 5) is 18.4. The SMILES string of the molecule is CN(CC1CCc2nccn2C1)c1ccnc(N(C)C2CCCCC2)n1. The number of fused-ring (bicyclic) bond motifs is 1. The third-order valence-corrected chi connectivity index (χ3v) is 6.02. The third-order valence-electron chi connectivity index (χ3n) is 6.02. The van der Waals surface area contributed by atoms with Gasteiger partial charge in [0, 0.05) is 58.2 Å². The Hall–Kier alpha value is -2.11. The fraction of sp³-hybridized carbons (Fsp3) is 0.650. The zero-order valence-corrected chi connectivity index (χ0v) is 16.0. The van der Waals surface area contributed by atoms with Crippen molar-refractivity contribution in [3.63, 3.8) is 0 Å². The van der Waals surface area contributed by atoms with E-state index >= 15 is 0 Å². The van der Waals surface area contributed by atoms with Crippen molar-refractivity contribution in [1.29, 1.82) is 0 Å². The first kappa shape index (κ1) is 17.3. The van der Waals surface area contributed by atoms with E-state index in [0.29, 0.717) is 12.0 Å². The lowest BCUT2D eigenvalue weighted by atomic mass is 9.95. The second-order valence-electron chi connectivity index (χ2n) is 7.90. The molecule has 6 heteroatoms. The molecule has 1 unspecified atom stereocenters. The minimum atomic E-state index is 0.585. The van der Waals surface area contributed by atoms with Crippen LogP contribution < -0.4 is 9.80 Å². The van der Waals surface area contributed by atoms with Crippen LogP contribution in [0.25, 0.3) is 0 Å². The molecule has 0 bridgehead atoms. The van der Waals surface area contributed by atoms with Crippen LogP contribution in [0.5, 0.6) is 0 Å². The van der Waals surface area contributed by atoms with Gasteiger partial charge < -0.3 is 14.4 Å². The molecular weight excluding hydrogens is 324 g/mol. The van der Waals surface area contributed by atoms with Crippen molar-refractivity contribution in [2.24, 2.45) is 5.92 Å². The second-order valence-corrected chi connectivity index (χ2v) is 7.90. The molecule has 2 aromatic rings. The minimum Gasteiger partial charge on any atom is -0.359 e. The summed E-state index contributed by atoms with van der Waals surface area (Å²) in [5.74, 6) is 3.74. The molecule has 1 fully saturated rings. The van der Waals surface area contributed by atoms with Gasteiger partial charge in [-0.05, 0) is 31.2 Å². The Morgan fingerprint density at radius 2 is 1.92 bits per heavy atom. The molecule has 0 aromatic carbocycles. The van der Waals surface area contributed by atoms with E-state index in [9.17, 15) is 0 Å². The molecule has 0 amide bonds. The van der Waals surface area contributed by atoms with Crippen LogP contribution in [-0.4, -0.2) is 46.2 Å². The van der Waals surface area contributed by atoms with E-state index in [4.69, 9.17) is 4.98 Å². The van der Waals surface area contributed by atoms with Gasteiger partial charge in [-0.3, -0.25) is 0 Å². The van der Waals surface area contributed by atoms with Gasteiger partial charge >= 0.3 is 0 Å². The number of aromatic nitrogens is 4. The van der Waals surface area contributed by atoms with Crippen LogP contribution >= 0.6 is 0 Å². The second kappa shape index (κ2) is 7.64. The molecule has 2 aliphatic rings. The van der Waals surface area contributed by atoms with E-state index in [0.717, 1.165) is 31.3 Å². The molecule has 1 saturated carbocycles. The fourth-order valence-corrected chi connectivity index (χ4v) is 4.42. The van der Waals surface area contributed by atoms with E-state index in [1.807, 2.05) is 18.5 Å². The van der Waals surface area contributed by atoms with E-state index in [-0.39, 0.29) is 0 Å². The highest BCUT2D eigenvalue weighted by atomic mass is 15.3. The molecule has 4 rings (SSSR count). The Kier molecular flexibility index (Phi) is 5.09. The number of aryl methyl sites for hydroxylation is 1. The fourth-order valence-electron chi connectivity index (χ4n) is 4.42. The maximum Gasteiger partial charge on any atom is 0.227 e. The molecule has 3 heterocycles. The highest BCUT2D eigenvalue weighted by Gasteiger charge is 2.22. The summed E-state index contributed by atoms with van der Waals surface area (Å²) in [6.45, 7) is 2.07. The normalized spacial score (nSPS) is 20.6. The molecule has 0 saturated heterocycles. The number of hydrogen-bond acceptors (Lipinski definition) is 5. The molecular formula is C20H30N6. The molecule has 1 aliphatic heterocycles. The van der Waals surface area contributed by atoms with Crippen LogP contribution in [0, 0.1) is 5.92 Å². The zero-order chi connectivity index (χ0) is 17.9. The maximum absolute atomic E-state index is 4.87. The van der Waals surface area contributed by atoms with Gasteiger partial charge in [0.15, 0.2) is 0 Å². The van der Waals surface area contributed by atoms with Gasteiger partial charge in [-0.1, -0.05) is 19.3 Å². The van der Waals surface area contributed by atoms with Gasteiger partial charge in [-0.15, -0.1) is 0 Å². The Morgan fingerprint density at radius 1 is 1.08 bits per heavy atom. The average Bonchev–Trinajstić information content (AvgIpc) is 3.16. The predicted molar refractivity (Wildman–Crippen MR) is 105 cm³/mol. The lowest BCUT2D eigenvalue weighted by Gasteiger charge is -2.32. The van der Waals surface area contributed by atoms with E-state index in [1.54, 1.807) is 0 Å². The van der Waals surface area contributed by atoms with Crippen LogP contribution in [0.1, 0.15) is 44.3 Å². The number of anilines is 2. The van der Waals surface area contributed by atoms with Gasteiger partial charge in [0.2, 0.25) is 5.95 Å². The van der Waals surface area contributed by atoms with E-state index in [2.05, 4.69) is 44.6 Å². The highest BCUT2D eigenvalue weighted by Crippen LogP contribution is 2.26. The van der Waals surface area contributed by atoms with Crippen molar-refractivity contribution in [2.75, 3.05) is 30.4 Å². The largest absolute Gasteiger partial charge is 0.359 e. The molecule has 0 N–H and O–H groups in total. The third kappa shape index (κ3) is 3.69. The predicted octanol–water partition coefficient (Wildman–Crippen LogP) is 3.14. The number of imidazole rings is 1. The van der Waals surface area contributed by atoms with Crippen molar-refractivity contribution < 1.29 is 0 Å². The van der Waals surface area contributed by atoms with Crippen LogP contribution in [0.4, 0.5) is 11.8 Å². The first-order valence-corrected chi connectivity index (χ1v) is 9.98. The topological polar surface area (TPSA) is 50.1 Å².